The molecule has 1 aliphatic heterocycles. The largest absolute Gasteiger partial charge is 0.379 e. The molecule has 1 N–H and O–H groups in total. The van der Waals surface area contributed by atoms with Crippen molar-refractivity contribution < 1.29 is 9.53 Å². The summed E-state index contributed by atoms with van der Waals surface area (Å²) in [6.45, 7) is 14.3. The van der Waals surface area contributed by atoms with Gasteiger partial charge >= 0.3 is 0 Å². The second-order valence-corrected chi connectivity index (χ2v) is 7.10. The maximum atomic E-state index is 12.7. The third-order valence-corrected chi connectivity index (χ3v) is 4.24. The number of unbranched alkanes of at least 4 members (excludes halogenated alkanes) is 1. The Kier molecular flexibility index (Phi) is 7.14. The first-order chi connectivity index (χ1) is 9.80. The van der Waals surface area contributed by atoms with E-state index in [0.29, 0.717) is 5.92 Å². The predicted octanol–water partition coefficient (Wildman–Crippen LogP) is 3.16. The Balaban J connectivity index is 2.52. The van der Waals surface area contributed by atoms with E-state index in [-0.39, 0.29) is 23.7 Å². The summed E-state index contributed by atoms with van der Waals surface area (Å²) in [4.78, 5) is 14.7. The molecule has 1 amide bonds. The topological polar surface area (TPSA) is 41.6 Å². The molecular weight excluding hydrogens is 264 g/mol. The van der Waals surface area contributed by atoms with Gasteiger partial charge in [-0.3, -0.25) is 10.1 Å². The smallest absolute Gasteiger partial charge is 0.243 e. The van der Waals surface area contributed by atoms with Crippen LogP contribution in [0.1, 0.15) is 67.2 Å². The Hall–Kier alpha value is -0.610. The van der Waals surface area contributed by atoms with Crippen LogP contribution in [0.25, 0.3) is 0 Å². The van der Waals surface area contributed by atoms with Gasteiger partial charge in [-0.1, -0.05) is 20.8 Å². The Morgan fingerprint density at radius 2 is 1.95 bits per heavy atom. The zero-order valence-electron chi connectivity index (χ0n) is 14.7. The summed E-state index contributed by atoms with van der Waals surface area (Å²) in [6.07, 6.45) is 4.36. The van der Waals surface area contributed by atoms with Crippen LogP contribution in [0.5, 0.6) is 0 Å². The minimum atomic E-state index is -0.381. The molecule has 0 aliphatic carbocycles. The van der Waals surface area contributed by atoms with E-state index in [2.05, 4.69) is 44.8 Å². The predicted molar refractivity (Wildman–Crippen MR) is 87.1 cm³/mol. The first-order valence-corrected chi connectivity index (χ1v) is 8.50. The van der Waals surface area contributed by atoms with Crippen LogP contribution < -0.4 is 5.32 Å². The Morgan fingerprint density at radius 3 is 2.48 bits per heavy atom. The maximum Gasteiger partial charge on any atom is 0.243 e. The van der Waals surface area contributed by atoms with Crippen molar-refractivity contribution in [2.45, 2.75) is 85.0 Å². The molecule has 21 heavy (non-hydrogen) atoms. The van der Waals surface area contributed by atoms with Gasteiger partial charge in [-0.2, -0.15) is 0 Å². The Labute approximate surface area is 130 Å². The van der Waals surface area contributed by atoms with Gasteiger partial charge in [0.2, 0.25) is 5.91 Å². The molecule has 2 atom stereocenters. The molecule has 124 valence electrons. The molecule has 0 aromatic heterocycles. The fraction of sp³-hybridized carbons (Fsp3) is 0.941. The van der Waals surface area contributed by atoms with Gasteiger partial charge < -0.3 is 9.64 Å². The summed E-state index contributed by atoms with van der Waals surface area (Å²) in [5, 5.41) is 3.55. The van der Waals surface area contributed by atoms with Gasteiger partial charge in [-0.25, -0.2) is 0 Å². The zero-order valence-corrected chi connectivity index (χ0v) is 14.7. The van der Waals surface area contributed by atoms with Crippen molar-refractivity contribution in [1.29, 1.82) is 0 Å². The minimum absolute atomic E-state index is 0.188. The summed E-state index contributed by atoms with van der Waals surface area (Å²) in [7, 11) is 0. The normalized spacial score (nSPS) is 26.4. The lowest BCUT2D eigenvalue weighted by Gasteiger charge is -2.25. The van der Waals surface area contributed by atoms with Crippen LogP contribution in [-0.4, -0.2) is 41.8 Å². The fourth-order valence-corrected chi connectivity index (χ4v) is 2.81. The monoisotopic (exact) mass is 298 g/mol. The minimum Gasteiger partial charge on any atom is -0.379 e. The van der Waals surface area contributed by atoms with Crippen molar-refractivity contribution in [1.82, 2.24) is 10.2 Å². The maximum absolute atomic E-state index is 12.7. The molecule has 1 aliphatic rings. The molecule has 1 saturated heterocycles. The molecule has 4 nitrogen and oxygen atoms in total. The van der Waals surface area contributed by atoms with Crippen molar-refractivity contribution in [2.75, 3.05) is 13.2 Å². The van der Waals surface area contributed by atoms with Crippen molar-refractivity contribution in [3.05, 3.63) is 0 Å². The zero-order chi connectivity index (χ0) is 16.0. The summed E-state index contributed by atoms with van der Waals surface area (Å²) in [5.41, 5.74) is -0.381. The second kappa shape index (κ2) is 8.14. The number of carbonyl (C=O) groups is 1. The highest BCUT2D eigenvalue weighted by Gasteiger charge is 2.46. The molecule has 1 rings (SSSR count). The number of hydrogen-bond donors (Lipinski definition) is 1. The number of nitrogens with zero attached hydrogens (tertiary/aromatic N) is 1. The molecule has 1 fully saturated rings. The van der Waals surface area contributed by atoms with Crippen LogP contribution in [0, 0.1) is 5.92 Å². The molecule has 0 saturated carbocycles. The quantitative estimate of drug-likeness (QED) is 0.665. The van der Waals surface area contributed by atoms with Gasteiger partial charge in [0.15, 0.2) is 0 Å². The third kappa shape index (κ3) is 5.26. The van der Waals surface area contributed by atoms with Crippen LogP contribution >= 0.6 is 0 Å². The average molecular weight is 298 g/mol. The van der Waals surface area contributed by atoms with Crippen LogP contribution in [-0.2, 0) is 9.53 Å². The van der Waals surface area contributed by atoms with Gasteiger partial charge in [0.05, 0.1) is 17.8 Å². The van der Waals surface area contributed by atoms with Gasteiger partial charge in [0, 0.05) is 13.2 Å². The lowest BCUT2D eigenvalue weighted by molar-refractivity contribution is -0.133. The van der Waals surface area contributed by atoms with Gasteiger partial charge in [0.25, 0.3) is 0 Å². The van der Waals surface area contributed by atoms with Gasteiger partial charge in [0.1, 0.15) is 0 Å². The van der Waals surface area contributed by atoms with E-state index in [1.807, 2.05) is 6.92 Å². The molecule has 4 heteroatoms. The van der Waals surface area contributed by atoms with Crippen molar-refractivity contribution in [2.24, 2.45) is 5.92 Å². The summed E-state index contributed by atoms with van der Waals surface area (Å²) in [5.74, 6) is 0.849. The number of carbonyl (C=O) groups excluding carboxylic acids is 1. The number of rotatable bonds is 9. The molecular formula is C17H34N2O2. The third-order valence-electron chi connectivity index (χ3n) is 4.24. The van der Waals surface area contributed by atoms with E-state index in [1.54, 1.807) is 0 Å². The van der Waals surface area contributed by atoms with E-state index in [1.165, 1.54) is 0 Å². The first kappa shape index (κ1) is 18.4. The molecule has 0 radical (unpaired) electrons. The summed E-state index contributed by atoms with van der Waals surface area (Å²) in [6, 6.07) is 0. The van der Waals surface area contributed by atoms with E-state index >= 15 is 0 Å². The van der Waals surface area contributed by atoms with Gasteiger partial charge in [-0.05, 0) is 52.4 Å². The molecule has 0 aromatic carbocycles. The number of ether oxygens (including phenoxy) is 1. The summed E-state index contributed by atoms with van der Waals surface area (Å²) < 4.78 is 5.57. The standard InChI is InChI=1S/C17H34N2O2/c1-7-17(6)16(20)19(15(18-17)12-13(2)3)10-8-9-11-21-14(4)5/h13-15,18H,7-12H2,1-6H3. The fourth-order valence-electron chi connectivity index (χ4n) is 2.81. The molecule has 0 bridgehead atoms. The lowest BCUT2D eigenvalue weighted by Crippen LogP contribution is -2.44. The van der Waals surface area contributed by atoms with E-state index in [4.69, 9.17) is 4.74 Å². The average Bonchev–Trinajstić information content (AvgIpc) is 2.62. The SMILES string of the molecule is CCC1(C)NC(CC(C)C)N(CCCCOC(C)C)C1=O. The van der Waals surface area contributed by atoms with Crippen LogP contribution in [0.2, 0.25) is 0 Å². The highest BCUT2D eigenvalue weighted by molar-refractivity contribution is 5.88. The molecule has 2 unspecified atom stereocenters. The number of nitrogens with one attached hydrogen (secondary N) is 1. The first-order valence-electron chi connectivity index (χ1n) is 8.50. The van der Waals surface area contributed by atoms with Crippen molar-refractivity contribution in [3.8, 4) is 0 Å². The van der Waals surface area contributed by atoms with E-state index in [0.717, 1.165) is 38.8 Å². The van der Waals surface area contributed by atoms with Gasteiger partial charge in [-0.15, -0.1) is 0 Å². The van der Waals surface area contributed by atoms with Crippen LogP contribution in [0.4, 0.5) is 0 Å². The highest BCUT2D eigenvalue weighted by atomic mass is 16.5. The van der Waals surface area contributed by atoms with Crippen LogP contribution in [0.15, 0.2) is 0 Å². The summed E-state index contributed by atoms with van der Waals surface area (Å²) >= 11 is 0. The van der Waals surface area contributed by atoms with E-state index in [9.17, 15) is 4.79 Å². The van der Waals surface area contributed by atoms with E-state index < -0.39 is 0 Å². The Bertz CT molecular complexity index is 331. The molecule has 0 spiro atoms. The second-order valence-electron chi connectivity index (χ2n) is 7.10. The highest BCUT2D eigenvalue weighted by Crippen LogP contribution is 2.27. The van der Waals surface area contributed by atoms with Crippen LogP contribution in [0.3, 0.4) is 0 Å². The van der Waals surface area contributed by atoms with Crippen molar-refractivity contribution >= 4 is 5.91 Å². The Morgan fingerprint density at radius 1 is 1.29 bits per heavy atom. The lowest BCUT2D eigenvalue weighted by atomic mass is 9.99. The van der Waals surface area contributed by atoms with Crippen molar-refractivity contribution in [3.63, 3.8) is 0 Å². The number of hydrogen-bond acceptors (Lipinski definition) is 3. The number of amides is 1. The molecule has 0 aromatic rings. The molecule has 1 heterocycles.